The smallest absolute Gasteiger partial charge is 0.314 e. The quantitative estimate of drug-likeness (QED) is 0.517. The van der Waals surface area contributed by atoms with E-state index in [1.165, 1.54) is 0 Å². The molecule has 1 fully saturated rings. The molecule has 3 N–H and O–H groups in total. The van der Waals surface area contributed by atoms with Gasteiger partial charge in [0.25, 0.3) is 0 Å². The Morgan fingerprint density at radius 1 is 1.30 bits per heavy atom. The summed E-state index contributed by atoms with van der Waals surface area (Å²) in [5.74, 6) is -0.212. The fourth-order valence-corrected chi connectivity index (χ4v) is 2.53. The number of carboxylic acid groups (broad SMARTS) is 1. The first-order valence-corrected chi connectivity index (χ1v) is 7.36. The Morgan fingerprint density at radius 3 is 2.50 bits per heavy atom. The van der Waals surface area contributed by atoms with Crippen molar-refractivity contribution in [2.75, 3.05) is 13.1 Å². The van der Waals surface area contributed by atoms with Crippen molar-refractivity contribution < 1.29 is 14.7 Å². The maximum absolute atomic E-state index is 11.6. The molecule has 0 atom stereocenters. The van der Waals surface area contributed by atoms with E-state index in [9.17, 15) is 14.7 Å². The number of carbonyl (C=O) groups excluding carboxylic acids is 1. The van der Waals surface area contributed by atoms with Crippen LogP contribution < -0.4 is 10.6 Å². The minimum atomic E-state index is -0.793. The van der Waals surface area contributed by atoms with E-state index in [0.717, 1.165) is 19.3 Å². The number of amides is 2. The van der Waals surface area contributed by atoms with Gasteiger partial charge in [0.05, 0.1) is 5.41 Å². The molecule has 0 aromatic heterocycles. The van der Waals surface area contributed by atoms with Crippen LogP contribution in [0.4, 0.5) is 4.79 Å². The number of allylic oxidation sites excluding steroid dienone is 1. The maximum atomic E-state index is 11.6. The lowest BCUT2D eigenvalue weighted by atomic mass is 9.71. The van der Waals surface area contributed by atoms with Gasteiger partial charge in [-0.05, 0) is 44.9 Å². The maximum Gasteiger partial charge on any atom is 0.314 e. The first-order valence-electron chi connectivity index (χ1n) is 7.36. The Labute approximate surface area is 120 Å². The van der Waals surface area contributed by atoms with E-state index >= 15 is 0 Å². The van der Waals surface area contributed by atoms with Gasteiger partial charge in [-0.1, -0.05) is 19.1 Å². The highest BCUT2D eigenvalue weighted by Crippen LogP contribution is 2.38. The minimum absolute atomic E-state index is 0.213. The van der Waals surface area contributed by atoms with Crippen molar-refractivity contribution in [1.29, 1.82) is 0 Å². The molecule has 5 heteroatoms. The number of carbonyl (C=O) groups is 2. The number of aliphatic carboxylic acids is 1. The van der Waals surface area contributed by atoms with Crippen LogP contribution in [0.5, 0.6) is 0 Å². The topological polar surface area (TPSA) is 78.4 Å². The molecule has 1 rings (SSSR count). The zero-order valence-electron chi connectivity index (χ0n) is 12.4. The van der Waals surface area contributed by atoms with Crippen molar-refractivity contribution in [3.8, 4) is 0 Å². The Hall–Kier alpha value is -1.52. The number of nitrogens with one attached hydrogen (secondary N) is 2. The van der Waals surface area contributed by atoms with Gasteiger partial charge in [0.2, 0.25) is 0 Å². The van der Waals surface area contributed by atoms with Crippen LogP contribution in [0.2, 0.25) is 0 Å². The molecule has 1 saturated carbocycles. The number of hydrogen-bond donors (Lipinski definition) is 3. The summed E-state index contributed by atoms with van der Waals surface area (Å²) < 4.78 is 0. The molecule has 0 aromatic rings. The summed E-state index contributed by atoms with van der Waals surface area (Å²) in [6.07, 6.45) is 7.80. The van der Waals surface area contributed by atoms with Crippen molar-refractivity contribution in [3.63, 3.8) is 0 Å². The standard InChI is InChI=1S/C15H26N2O3/c1-3-4-5-10-16-14(20)17-11-15(13(18)19)8-6-12(2)7-9-15/h3-4,12H,5-11H2,1-2H3,(H,18,19)(H2,16,17,20)/b4-3+. The molecule has 0 bridgehead atoms. The third kappa shape index (κ3) is 4.87. The fourth-order valence-electron chi connectivity index (χ4n) is 2.53. The third-order valence-electron chi connectivity index (χ3n) is 4.10. The lowest BCUT2D eigenvalue weighted by Crippen LogP contribution is -2.47. The van der Waals surface area contributed by atoms with Gasteiger partial charge in [-0.25, -0.2) is 4.79 Å². The predicted molar refractivity (Wildman–Crippen MR) is 78.5 cm³/mol. The number of rotatable bonds is 6. The van der Waals surface area contributed by atoms with Gasteiger partial charge in [0.1, 0.15) is 0 Å². The van der Waals surface area contributed by atoms with Crippen LogP contribution in [-0.2, 0) is 4.79 Å². The average Bonchev–Trinajstić information content (AvgIpc) is 2.43. The molecule has 0 heterocycles. The number of hydrogen-bond acceptors (Lipinski definition) is 2. The van der Waals surface area contributed by atoms with Gasteiger partial charge in [-0.3, -0.25) is 4.79 Å². The van der Waals surface area contributed by atoms with Crippen LogP contribution in [0.1, 0.15) is 46.0 Å². The predicted octanol–water partition coefficient (Wildman–Crippen LogP) is 2.53. The minimum Gasteiger partial charge on any atom is -0.481 e. The van der Waals surface area contributed by atoms with Crippen LogP contribution in [0.15, 0.2) is 12.2 Å². The molecule has 0 unspecified atom stereocenters. The molecule has 0 radical (unpaired) electrons. The normalized spacial score (nSPS) is 26.4. The summed E-state index contributed by atoms with van der Waals surface area (Å²) >= 11 is 0. The molecule has 0 spiro atoms. The summed E-state index contributed by atoms with van der Waals surface area (Å²) in [6, 6.07) is -0.284. The molecular formula is C15H26N2O3. The van der Waals surface area contributed by atoms with Gasteiger partial charge >= 0.3 is 12.0 Å². The van der Waals surface area contributed by atoms with E-state index in [4.69, 9.17) is 0 Å². The zero-order chi connectivity index (χ0) is 15.0. The van der Waals surface area contributed by atoms with Gasteiger partial charge in [-0.2, -0.15) is 0 Å². The second-order valence-electron chi connectivity index (χ2n) is 5.74. The van der Waals surface area contributed by atoms with E-state index < -0.39 is 11.4 Å². The molecule has 0 aromatic carbocycles. The van der Waals surface area contributed by atoms with Crippen LogP contribution in [-0.4, -0.2) is 30.2 Å². The molecule has 20 heavy (non-hydrogen) atoms. The van der Waals surface area contributed by atoms with Crippen molar-refractivity contribution in [2.45, 2.75) is 46.0 Å². The largest absolute Gasteiger partial charge is 0.481 e. The second-order valence-corrected chi connectivity index (χ2v) is 5.74. The monoisotopic (exact) mass is 282 g/mol. The molecule has 1 aliphatic carbocycles. The molecule has 0 aliphatic heterocycles. The zero-order valence-corrected chi connectivity index (χ0v) is 12.4. The van der Waals surface area contributed by atoms with Crippen molar-refractivity contribution >= 4 is 12.0 Å². The summed E-state index contributed by atoms with van der Waals surface area (Å²) in [5, 5.41) is 14.9. The SMILES string of the molecule is C/C=C/CCNC(=O)NCC1(C(=O)O)CCC(C)CC1. The number of carboxylic acids is 1. The van der Waals surface area contributed by atoms with E-state index in [0.29, 0.717) is 25.3 Å². The summed E-state index contributed by atoms with van der Waals surface area (Å²) in [5.41, 5.74) is -0.785. The van der Waals surface area contributed by atoms with Crippen LogP contribution in [0.25, 0.3) is 0 Å². The van der Waals surface area contributed by atoms with E-state index in [2.05, 4.69) is 17.6 Å². The Balaban J connectivity index is 2.39. The lowest BCUT2D eigenvalue weighted by molar-refractivity contribution is -0.151. The first kappa shape index (κ1) is 16.5. The van der Waals surface area contributed by atoms with Crippen molar-refractivity contribution in [2.24, 2.45) is 11.3 Å². The van der Waals surface area contributed by atoms with E-state index in [1.807, 2.05) is 19.1 Å². The van der Waals surface area contributed by atoms with Crippen LogP contribution in [0, 0.1) is 11.3 Å². The first-order chi connectivity index (χ1) is 9.50. The Kier molecular flexibility index (Phi) is 6.55. The van der Waals surface area contributed by atoms with Gasteiger partial charge < -0.3 is 15.7 Å². The van der Waals surface area contributed by atoms with Gasteiger partial charge in [-0.15, -0.1) is 0 Å². The van der Waals surface area contributed by atoms with E-state index in [-0.39, 0.29) is 12.6 Å². The molecule has 0 saturated heterocycles. The summed E-state index contributed by atoms with van der Waals surface area (Å²) in [7, 11) is 0. The summed E-state index contributed by atoms with van der Waals surface area (Å²) in [6.45, 7) is 4.85. The Bertz CT molecular complexity index is 358. The second kappa shape index (κ2) is 7.92. The van der Waals surface area contributed by atoms with E-state index in [1.54, 1.807) is 0 Å². The molecule has 5 nitrogen and oxygen atoms in total. The molecular weight excluding hydrogens is 256 g/mol. The highest BCUT2D eigenvalue weighted by Gasteiger charge is 2.41. The molecule has 114 valence electrons. The highest BCUT2D eigenvalue weighted by atomic mass is 16.4. The Morgan fingerprint density at radius 2 is 1.95 bits per heavy atom. The fraction of sp³-hybridized carbons (Fsp3) is 0.733. The van der Waals surface area contributed by atoms with Gasteiger partial charge in [0, 0.05) is 13.1 Å². The highest BCUT2D eigenvalue weighted by molar-refractivity contribution is 5.78. The van der Waals surface area contributed by atoms with Crippen molar-refractivity contribution in [1.82, 2.24) is 10.6 Å². The van der Waals surface area contributed by atoms with Crippen LogP contribution in [0.3, 0.4) is 0 Å². The average molecular weight is 282 g/mol. The van der Waals surface area contributed by atoms with Crippen LogP contribution >= 0.6 is 0 Å². The van der Waals surface area contributed by atoms with Crippen molar-refractivity contribution in [3.05, 3.63) is 12.2 Å². The number of urea groups is 1. The molecule has 1 aliphatic rings. The molecule has 2 amide bonds. The lowest BCUT2D eigenvalue weighted by Gasteiger charge is -2.35. The van der Waals surface area contributed by atoms with Gasteiger partial charge in [0.15, 0.2) is 0 Å². The third-order valence-corrected chi connectivity index (χ3v) is 4.10. The summed E-state index contributed by atoms with van der Waals surface area (Å²) in [4.78, 5) is 23.2.